The van der Waals surface area contributed by atoms with Crippen LogP contribution in [0.4, 0.5) is 0 Å². The zero-order valence-electron chi connectivity index (χ0n) is 6.02. The average Bonchev–Trinajstić information content (AvgIpc) is 1.80. The Kier molecular flexibility index (Phi) is 5.18. The third-order valence-electron chi connectivity index (χ3n) is 0.893. The van der Waals surface area contributed by atoms with E-state index in [0.717, 1.165) is 13.0 Å². The van der Waals surface area contributed by atoms with Gasteiger partial charge in [0.05, 0.1) is 6.07 Å². The molecule has 0 unspecified atom stereocenters. The quantitative estimate of drug-likeness (QED) is 0.437. The molecular weight excluding hydrogens is 114 g/mol. The highest BCUT2D eigenvalue weighted by Gasteiger charge is 1.86. The van der Waals surface area contributed by atoms with Crippen LogP contribution in [0, 0.1) is 11.3 Å². The fourth-order valence-corrected chi connectivity index (χ4v) is 0.470. The molecule has 0 spiro atoms. The molecule has 0 aliphatic rings. The van der Waals surface area contributed by atoms with Gasteiger partial charge in [0.2, 0.25) is 0 Å². The van der Waals surface area contributed by atoms with Crippen molar-refractivity contribution in [3.63, 3.8) is 0 Å². The summed E-state index contributed by atoms with van der Waals surface area (Å²) < 4.78 is 0. The lowest BCUT2D eigenvalue weighted by Gasteiger charge is -2.09. The molecule has 1 N–H and O–H groups in total. The molecule has 0 aromatic rings. The SMILES string of the molecule is CN(C)NCCCC#N. The molecule has 0 saturated carbocycles. The van der Waals surface area contributed by atoms with Crippen LogP contribution in [-0.4, -0.2) is 25.6 Å². The highest BCUT2D eigenvalue weighted by Crippen LogP contribution is 1.81. The van der Waals surface area contributed by atoms with Crippen LogP contribution in [0.5, 0.6) is 0 Å². The zero-order chi connectivity index (χ0) is 7.11. The first-order valence-electron chi connectivity index (χ1n) is 3.05. The van der Waals surface area contributed by atoms with Gasteiger partial charge in [0.1, 0.15) is 0 Å². The highest BCUT2D eigenvalue weighted by molar-refractivity contribution is 4.68. The summed E-state index contributed by atoms with van der Waals surface area (Å²) in [6, 6.07) is 2.08. The van der Waals surface area contributed by atoms with Gasteiger partial charge in [-0.3, -0.25) is 10.4 Å². The lowest BCUT2D eigenvalue weighted by atomic mass is 10.3. The van der Waals surface area contributed by atoms with E-state index in [2.05, 4.69) is 11.5 Å². The van der Waals surface area contributed by atoms with Crippen molar-refractivity contribution in [1.29, 1.82) is 5.26 Å². The fraction of sp³-hybridized carbons (Fsp3) is 0.833. The van der Waals surface area contributed by atoms with E-state index in [9.17, 15) is 0 Å². The van der Waals surface area contributed by atoms with Crippen LogP contribution >= 0.6 is 0 Å². The Morgan fingerprint density at radius 2 is 2.22 bits per heavy atom. The first-order chi connectivity index (χ1) is 4.27. The highest BCUT2D eigenvalue weighted by atomic mass is 15.5. The normalized spacial score (nSPS) is 9.56. The summed E-state index contributed by atoms with van der Waals surface area (Å²) in [7, 11) is 3.87. The van der Waals surface area contributed by atoms with Gasteiger partial charge in [-0.1, -0.05) is 0 Å². The molecule has 0 radical (unpaired) electrons. The maximum atomic E-state index is 8.14. The van der Waals surface area contributed by atoms with Crippen LogP contribution in [0.15, 0.2) is 0 Å². The van der Waals surface area contributed by atoms with Gasteiger partial charge in [0.25, 0.3) is 0 Å². The van der Waals surface area contributed by atoms with Gasteiger partial charge in [-0.2, -0.15) is 5.26 Å². The monoisotopic (exact) mass is 127 g/mol. The number of nitrogens with one attached hydrogen (secondary N) is 1. The second-order valence-corrected chi connectivity index (χ2v) is 2.06. The van der Waals surface area contributed by atoms with Crippen LogP contribution in [0.25, 0.3) is 0 Å². The Labute approximate surface area is 56.2 Å². The molecule has 0 saturated heterocycles. The van der Waals surface area contributed by atoms with Gasteiger partial charge in [0, 0.05) is 27.1 Å². The van der Waals surface area contributed by atoms with Gasteiger partial charge in [-0.15, -0.1) is 0 Å². The smallest absolute Gasteiger partial charge is 0.0622 e. The molecule has 0 atom stereocenters. The van der Waals surface area contributed by atoms with E-state index in [1.807, 2.05) is 19.1 Å². The minimum Gasteiger partial charge on any atom is -0.256 e. The minimum atomic E-state index is 0.640. The molecular formula is C6H13N3. The molecule has 0 heterocycles. The first kappa shape index (κ1) is 8.41. The van der Waals surface area contributed by atoms with E-state index >= 15 is 0 Å². The minimum absolute atomic E-state index is 0.640. The number of nitriles is 1. The van der Waals surface area contributed by atoms with Crippen LogP contribution in [0.2, 0.25) is 0 Å². The van der Waals surface area contributed by atoms with E-state index < -0.39 is 0 Å². The molecule has 9 heavy (non-hydrogen) atoms. The zero-order valence-corrected chi connectivity index (χ0v) is 6.02. The molecule has 3 heteroatoms. The second-order valence-electron chi connectivity index (χ2n) is 2.06. The molecule has 0 rings (SSSR count). The Morgan fingerprint density at radius 3 is 2.67 bits per heavy atom. The third kappa shape index (κ3) is 7.41. The number of nitrogens with zero attached hydrogens (tertiary/aromatic N) is 2. The van der Waals surface area contributed by atoms with E-state index in [-0.39, 0.29) is 0 Å². The van der Waals surface area contributed by atoms with Crippen molar-refractivity contribution in [3.05, 3.63) is 0 Å². The number of hydrazine groups is 1. The van der Waals surface area contributed by atoms with Crippen LogP contribution in [-0.2, 0) is 0 Å². The Bertz CT molecular complexity index is 93.0. The van der Waals surface area contributed by atoms with E-state index in [1.165, 1.54) is 0 Å². The van der Waals surface area contributed by atoms with Crippen molar-refractivity contribution in [2.75, 3.05) is 20.6 Å². The van der Waals surface area contributed by atoms with Gasteiger partial charge >= 0.3 is 0 Å². The summed E-state index contributed by atoms with van der Waals surface area (Å²) in [5.41, 5.74) is 3.06. The molecule has 0 bridgehead atoms. The average molecular weight is 127 g/mol. The largest absolute Gasteiger partial charge is 0.256 e. The Morgan fingerprint density at radius 1 is 1.56 bits per heavy atom. The summed E-state index contributed by atoms with van der Waals surface area (Å²) in [5, 5.41) is 10.0. The van der Waals surface area contributed by atoms with Gasteiger partial charge in [-0.25, -0.2) is 0 Å². The van der Waals surface area contributed by atoms with E-state index in [4.69, 9.17) is 5.26 Å². The summed E-state index contributed by atoms with van der Waals surface area (Å²) in [6.07, 6.45) is 1.56. The van der Waals surface area contributed by atoms with E-state index in [0.29, 0.717) is 6.42 Å². The first-order valence-corrected chi connectivity index (χ1v) is 3.05. The number of rotatable bonds is 4. The molecule has 0 fully saturated rings. The molecule has 3 nitrogen and oxygen atoms in total. The molecule has 0 aliphatic heterocycles. The summed E-state index contributed by atoms with van der Waals surface area (Å²) >= 11 is 0. The van der Waals surface area contributed by atoms with Crippen molar-refractivity contribution < 1.29 is 0 Å². The standard InChI is InChI=1S/C6H13N3/c1-9(2)8-6-4-3-5-7/h8H,3-4,6H2,1-2H3. The molecule has 0 aromatic heterocycles. The van der Waals surface area contributed by atoms with E-state index in [1.54, 1.807) is 0 Å². The fourth-order valence-electron chi connectivity index (χ4n) is 0.470. The second kappa shape index (κ2) is 5.54. The van der Waals surface area contributed by atoms with Crippen molar-refractivity contribution in [1.82, 2.24) is 10.4 Å². The van der Waals surface area contributed by atoms with Crippen molar-refractivity contribution in [2.24, 2.45) is 0 Å². The number of hydrogen-bond acceptors (Lipinski definition) is 3. The summed E-state index contributed by atoms with van der Waals surface area (Å²) in [6.45, 7) is 0.889. The predicted octanol–water partition coefficient (Wildman–Crippen LogP) is 0.356. The molecule has 0 aromatic carbocycles. The topological polar surface area (TPSA) is 39.1 Å². The molecule has 0 aliphatic carbocycles. The lowest BCUT2D eigenvalue weighted by Crippen LogP contribution is -2.30. The van der Waals surface area contributed by atoms with Crippen molar-refractivity contribution in [3.8, 4) is 6.07 Å². The van der Waals surface area contributed by atoms with Crippen LogP contribution < -0.4 is 5.43 Å². The van der Waals surface area contributed by atoms with Gasteiger partial charge in [0.15, 0.2) is 0 Å². The Hall–Kier alpha value is -0.590. The summed E-state index contributed by atoms with van der Waals surface area (Å²) in [5.74, 6) is 0. The van der Waals surface area contributed by atoms with Gasteiger partial charge in [-0.05, 0) is 6.42 Å². The maximum Gasteiger partial charge on any atom is 0.0622 e. The lowest BCUT2D eigenvalue weighted by molar-refractivity contribution is 0.289. The molecule has 0 amide bonds. The maximum absolute atomic E-state index is 8.14. The Balaban J connectivity index is 2.85. The number of hydrogen-bond donors (Lipinski definition) is 1. The van der Waals surface area contributed by atoms with Crippen LogP contribution in [0.3, 0.4) is 0 Å². The summed E-state index contributed by atoms with van der Waals surface area (Å²) in [4.78, 5) is 0. The predicted molar refractivity (Wildman–Crippen MR) is 36.5 cm³/mol. The van der Waals surface area contributed by atoms with Gasteiger partial charge < -0.3 is 0 Å². The van der Waals surface area contributed by atoms with Crippen molar-refractivity contribution in [2.45, 2.75) is 12.8 Å². The van der Waals surface area contributed by atoms with Crippen LogP contribution in [0.1, 0.15) is 12.8 Å². The molecule has 52 valence electrons. The van der Waals surface area contributed by atoms with Crippen molar-refractivity contribution >= 4 is 0 Å². The number of unbranched alkanes of at least 4 members (excludes halogenated alkanes) is 1. The third-order valence-corrected chi connectivity index (χ3v) is 0.893.